The van der Waals surface area contributed by atoms with Gasteiger partial charge < -0.3 is 9.47 Å². The van der Waals surface area contributed by atoms with E-state index in [0.717, 1.165) is 6.07 Å². The van der Waals surface area contributed by atoms with Gasteiger partial charge in [-0.05, 0) is 25.8 Å². The summed E-state index contributed by atoms with van der Waals surface area (Å²) >= 11 is 0. The van der Waals surface area contributed by atoms with Crippen LogP contribution in [-0.4, -0.2) is 19.0 Å². The van der Waals surface area contributed by atoms with Gasteiger partial charge in [0.15, 0.2) is 17.8 Å². The first-order valence-electron chi connectivity index (χ1n) is 6.02. The van der Waals surface area contributed by atoms with Gasteiger partial charge in [0.05, 0.1) is 18.3 Å². The van der Waals surface area contributed by atoms with E-state index < -0.39 is 5.82 Å². The number of benzene rings is 1. The maximum absolute atomic E-state index is 13.4. The maximum Gasteiger partial charge on any atom is 0.172 e. The average Bonchev–Trinajstić information content (AvgIpc) is 2.28. The smallest absolute Gasteiger partial charge is 0.172 e. The Morgan fingerprint density at radius 2 is 1.94 bits per heavy atom. The Labute approximate surface area is 107 Å². The molecule has 0 aliphatic heterocycles. The highest BCUT2D eigenvalue weighted by Gasteiger charge is 2.15. The fourth-order valence-corrected chi connectivity index (χ4v) is 1.40. The van der Waals surface area contributed by atoms with Crippen molar-refractivity contribution in [1.29, 1.82) is 0 Å². The quantitative estimate of drug-likeness (QED) is 0.729. The van der Waals surface area contributed by atoms with Crippen LogP contribution < -0.4 is 9.47 Å². The van der Waals surface area contributed by atoms with Crippen LogP contribution in [0.3, 0.4) is 0 Å². The third-order valence-electron chi connectivity index (χ3n) is 2.10. The van der Waals surface area contributed by atoms with E-state index in [4.69, 9.17) is 9.47 Å². The van der Waals surface area contributed by atoms with Crippen LogP contribution in [0.5, 0.6) is 11.5 Å². The molecule has 0 aliphatic rings. The van der Waals surface area contributed by atoms with Gasteiger partial charge in [-0.3, -0.25) is 4.79 Å². The Bertz CT molecular complexity index is 414. The largest absolute Gasteiger partial charge is 0.489 e. The molecule has 0 saturated heterocycles. The highest BCUT2D eigenvalue weighted by molar-refractivity contribution is 5.81. The molecule has 0 radical (unpaired) electrons. The van der Waals surface area contributed by atoms with Crippen molar-refractivity contribution in [3.8, 4) is 11.5 Å². The Hall–Kier alpha value is -1.58. The van der Waals surface area contributed by atoms with Crippen molar-refractivity contribution in [2.24, 2.45) is 5.92 Å². The van der Waals surface area contributed by atoms with E-state index in [-0.39, 0.29) is 17.4 Å². The fourth-order valence-electron chi connectivity index (χ4n) is 1.40. The lowest BCUT2D eigenvalue weighted by Gasteiger charge is -2.17. The molecule has 0 heterocycles. The normalized spacial score (nSPS) is 10.8. The minimum atomic E-state index is -0.507. The molecule has 0 amide bonds. The Kier molecular flexibility index (Phi) is 5.13. The molecule has 1 rings (SSSR count). The number of aldehydes is 1. The van der Waals surface area contributed by atoms with Crippen LogP contribution >= 0.6 is 0 Å². The van der Waals surface area contributed by atoms with Crippen LogP contribution in [0, 0.1) is 11.7 Å². The van der Waals surface area contributed by atoms with Crippen LogP contribution in [-0.2, 0) is 0 Å². The molecule has 4 heteroatoms. The molecule has 0 saturated carbocycles. The second kappa shape index (κ2) is 6.38. The number of ether oxygens (including phenoxy) is 2. The van der Waals surface area contributed by atoms with E-state index in [2.05, 4.69) is 0 Å². The van der Waals surface area contributed by atoms with Gasteiger partial charge in [-0.25, -0.2) is 4.39 Å². The minimum Gasteiger partial charge on any atom is -0.489 e. The summed E-state index contributed by atoms with van der Waals surface area (Å²) < 4.78 is 24.4. The summed E-state index contributed by atoms with van der Waals surface area (Å²) in [6.07, 6.45) is 0.457. The molecule has 0 bridgehead atoms. The molecule has 1 aromatic carbocycles. The van der Waals surface area contributed by atoms with E-state index in [1.807, 2.05) is 27.7 Å². The molecule has 18 heavy (non-hydrogen) atoms. The topological polar surface area (TPSA) is 35.5 Å². The van der Waals surface area contributed by atoms with E-state index in [1.165, 1.54) is 6.07 Å². The molecular formula is C14H19FO3. The number of halogens is 1. The fraction of sp³-hybridized carbons (Fsp3) is 0.500. The number of carbonyl (C=O) groups excluding carboxylic acids is 1. The second-order valence-corrected chi connectivity index (χ2v) is 4.81. The van der Waals surface area contributed by atoms with E-state index >= 15 is 0 Å². The zero-order valence-electron chi connectivity index (χ0n) is 11.2. The molecule has 0 fully saturated rings. The number of hydrogen-bond acceptors (Lipinski definition) is 3. The van der Waals surface area contributed by atoms with Crippen molar-refractivity contribution in [3.05, 3.63) is 23.5 Å². The lowest BCUT2D eigenvalue weighted by molar-refractivity contribution is 0.111. The Morgan fingerprint density at radius 1 is 1.28 bits per heavy atom. The highest BCUT2D eigenvalue weighted by atomic mass is 19.1. The molecule has 100 valence electrons. The van der Waals surface area contributed by atoms with E-state index in [0.29, 0.717) is 24.6 Å². The van der Waals surface area contributed by atoms with Crippen LogP contribution in [0.2, 0.25) is 0 Å². The lowest BCUT2D eigenvalue weighted by Crippen LogP contribution is -2.11. The average molecular weight is 254 g/mol. The summed E-state index contributed by atoms with van der Waals surface area (Å²) in [6, 6.07) is 2.39. The monoisotopic (exact) mass is 254 g/mol. The first-order chi connectivity index (χ1) is 8.43. The van der Waals surface area contributed by atoms with Gasteiger partial charge in [-0.1, -0.05) is 13.8 Å². The Morgan fingerprint density at radius 3 is 2.44 bits per heavy atom. The minimum absolute atomic E-state index is 0.115. The van der Waals surface area contributed by atoms with Crippen molar-refractivity contribution >= 4 is 6.29 Å². The van der Waals surface area contributed by atoms with Crippen molar-refractivity contribution in [1.82, 2.24) is 0 Å². The van der Waals surface area contributed by atoms with Gasteiger partial charge in [-0.15, -0.1) is 0 Å². The summed E-state index contributed by atoms with van der Waals surface area (Å²) in [5.74, 6) is 0.383. The van der Waals surface area contributed by atoms with Crippen molar-refractivity contribution < 1.29 is 18.7 Å². The predicted octanol–water partition coefficient (Wildman–Crippen LogP) is 3.46. The number of rotatable bonds is 6. The number of carbonyl (C=O) groups is 1. The van der Waals surface area contributed by atoms with Crippen LogP contribution in [0.4, 0.5) is 4.39 Å². The van der Waals surface area contributed by atoms with Gasteiger partial charge in [0.2, 0.25) is 0 Å². The molecule has 3 nitrogen and oxygen atoms in total. The Balaban J connectivity index is 3.10. The molecule has 0 spiro atoms. The SMILES string of the molecule is CC(C)COc1cc(F)cc(C=O)c1OC(C)C. The van der Waals surface area contributed by atoms with Crippen molar-refractivity contribution in [3.63, 3.8) is 0 Å². The standard InChI is InChI=1S/C14H19FO3/c1-9(2)8-17-13-6-12(15)5-11(7-16)14(13)18-10(3)4/h5-7,9-10H,8H2,1-4H3. The molecule has 0 unspecified atom stereocenters. The molecule has 0 N–H and O–H groups in total. The second-order valence-electron chi connectivity index (χ2n) is 4.81. The van der Waals surface area contributed by atoms with Gasteiger partial charge >= 0.3 is 0 Å². The van der Waals surface area contributed by atoms with Gasteiger partial charge in [0.1, 0.15) is 5.82 Å². The van der Waals surface area contributed by atoms with Gasteiger partial charge in [0.25, 0.3) is 0 Å². The van der Waals surface area contributed by atoms with E-state index in [9.17, 15) is 9.18 Å². The third kappa shape index (κ3) is 4.02. The molecule has 0 aliphatic carbocycles. The first kappa shape index (κ1) is 14.5. The zero-order valence-corrected chi connectivity index (χ0v) is 11.2. The summed E-state index contributed by atoms with van der Waals surface area (Å²) in [5.41, 5.74) is 0.169. The third-order valence-corrected chi connectivity index (χ3v) is 2.10. The predicted molar refractivity (Wildman–Crippen MR) is 67.9 cm³/mol. The van der Waals surface area contributed by atoms with E-state index in [1.54, 1.807) is 0 Å². The number of hydrogen-bond donors (Lipinski definition) is 0. The molecule has 0 atom stereocenters. The summed E-state index contributed by atoms with van der Waals surface area (Å²) in [7, 11) is 0. The van der Waals surface area contributed by atoms with Crippen LogP contribution in [0.1, 0.15) is 38.1 Å². The summed E-state index contributed by atoms with van der Waals surface area (Å²) in [4.78, 5) is 10.9. The van der Waals surface area contributed by atoms with Crippen molar-refractivity contribution in [2.45, 2.75) is 33.8 Å². The highest BCUT2D eigenvalue weighted by Crippen LogP contribution is 2.33. The van der Waals surface area contributed by atoms with Gasteiger partial charge in [-0.2, -0.15) is 0 Å². The molecule has 1 aromatic rings. The zero-order chi connectivity index (χ0) is 13.7. The van der Waals surface area contributed by atoms with Crippen molar-refractivity contribution in [2.75, 3.05) is 6.61 Å². The maximum atomic E-state index is 13.4. The van der Waals surface area contributed by atoms with Gasteiger partial charge in [0, 0.05) is 6.07 Å². The van der Waals surface area contributed by atoms with Crippen LogP contribution in [0.15, 0.2) is 12.1 Å². The molecule has 0 aromatic heterocycles. The van der Waals surface area contributed by atoms with Crippen LogP contribution in [0.25, 0.3) is 0 Å². The first-order valence-corrected chi connectivity index (χ1v) is 6.02. The lowest BCUT2D eigenvalue weighted by atomic mass is 10.2. The summed E-state index contributed by atoms with van der Waals surface area (Å²) in [5, 5.41) is 0. The molecular weight excluding hydrogens is 235 g/mol. The summed E-state index contributed by atoms with van der Waals surface area (Å²) in [6.45, 7) is 8.09.